The van der Waals surface area contributed by atoms with E-state index in [1.54, 1.807) is 24.3 Å². The Morgan fingerprint density at radius 2 is 2.07 bits per heavy atom. The highest BCUT2D eigenvalue weighted by Crippen LogP contribution is 2.16. The number of nitrogens with one attached hydrogen (secondary N) is 1. The van der Waals surface area contributed by atoms with Crippen LogP contribution in [0.3, 0.4) is 0 Å². The van der Waals surface area contributed by atoms with Crippen molar-refractivity contribution in [2.45, 2.75) is 43.9 Å². The second-order valence-electron chi connectivity index (χ2n) is 7.45. The molecule has 0 aromatic heterocycles. The van der Waals surface area contributed by atoms with Gasteiger partial charge in [0.1, 0.15) is 11.9 Å². The molecule has 1 aromatic carbocycles. The molecular weight excluding hydrogens is 362 g/mol. The highest BCUT2D eigenvalue weighted by atomic mass is 16.5. The molecule has 2 fully saturated rings. The van der Waals surface area contributed by atoms with Gasteiger partial charge >= 0.3 is 0 Å². The van der Waals surface area contributed by atoms with Crippen molar-refractivity contribution in [3.63, 3.8) is 0 Å². The van der Waals surface area contributed by atoms with Crippen LogP contribution in [0.1, 0.15) is 36.0 Å². The fraction of sp³-hybridized carbons (Fsp3) is 0.600. The van der Waals surface area contributed by atoms with Gasteiger partial charge < -0.3 is 25.6 Å². The smallest absolute Gasteiger partial charge is 0.249 e. The molecular formula is C20H29N3O5. The number of primary amides is 1. The van der Waals surface area contributed by atoms with Crippen LogP contribution in [-0.4, -0.2) is 72.9 Å². The first-order valence-electron chi connectivity index (χ1n) is 9.86. The number of nitrogens with zero attached hydrogens (tertiary/aromatic N) is 1. The fourth-order valence-electron chi connectivity index (χ4n) is 3.72. The highest BCUT2D eigenvalue weighted by Gasteiger charge is 2.30. The van der Waals surface area contributed by atoms with E-state index in [1.165, 1.54) is 0 Å². The number of rotatable bonds is 8. The van der Waals surface area contributed by atoms with Crippen molar-refractivity contribution in [3.8, 4) is 5.75 Å². The van der Waals surface area contributed by atoms with E-state index in [4.69, 9.17) is 15.2 Å². The molecule has 4 N–H and O–H groups in total. The number of aliphatic hydroxyl groups excluding tert-OH is 1. The third kappa shape index (κ3) is 5.92. The topological polar surface area (TPSA) is 114 Å². The molecule has 2 aliphatic heterocycles. The maximum absolute atomic E-state index is 12.2. The number of ether oxygens (including phenoxy) is 2. The second kappa shape index (κ2) is 9.86. The van der Waals surface area contributed by atoms with Gasteiger partial charge in [0.25, 0.3) is 0 Å². The van der Waals surface area contributed by atoms with E-state index < -0.39 is 12.0 Å². The summed E-state index contributed by atoms with van der Waals surface area (Å²) >= 11 is 0. The van der Waals surface area contributed by atoms with Crippen molar-refractivity contribution in [2.75, 3.05) is 32.8 Å². The van der Waals surface area contributed by atoms with Crippen molar-refractivity contribution < 1.29 is 24.2 Å². The van der Waals surface area contributed by atoms with Gasteiger partial charge in [-0.05, 0) is 49.9 Å². The van der Waals surface area contributed by atoms with Gasteiger partial charge in [-0.25, -0.2) is 0 Å². The molecule has 8 heteroatoms. The molecule has 2 aliphatic rings. The van der Waals surface area contributed by atoms with Crippen LogP contribution in [0.4, 0.5) is 0 Å². The summed E-state index contributed by atoms with van der Waals surface area (Å²) in [6.07, 6.45) is 2.24. The average Bonchev–Trinajstić information content (AvgIpc) is 3.20. The van der Waals surface area contributed by atoms with E-state index in [-0.39, 0.29) is 18.1 Å². The van der Waals surface area contributed by atoms with E-state index in [0.29, 0.717) is 44.0 Å². The zero-order chi connectivity index (χ0) is 19.9. The lowest BCUT2D eigenvalue weighted by Crippen LogP contribution is -2.54. The molecule has 3 atom stereocenters. The van der Waals surface area contributed by atoms with Gasteiger partial charge in [0.05, 0.1) is 12.7 Å². The molecule has 0 spiro atoms. The number of hydrogen-bond donors (Lipinski definition) is 3. The molecule has 28 heavy (non-hydrogen) atoms. The van der Waals surface area contributed by atoms with Crippen LogP contribution in [0.2, 0.25) is 0 Å². The minimum atomic E-state index is -0.462. The lowest BCUT2D eigenvalue weighted by Gasteiger charge is -2.36. The molecule has 3 rings (SSSR count). The zero-order valence-corrected chi connectivity index (χ0v) is 16.0. The summed E-state index contributed by atoms with van der Waals surface area (Å²) in [5.74, 6) is 0.154. The Kier molecular flexibility index (Phi) is 7.24. The lowest BCUT2D eigenvalue weighted by molar-refractivity contribution is -0.131. The molecule has 1 aromatic rings. The van der Waals surface area contributed by atoms with Gasteiger partial charge in [-0.2, -0.15) is 0 Å². The number of β-amino-alcohol motifs (C(OH)–C–C–N with tert-alkyl or cyclic N) is 1. The summed E-state index contributed by atoms with van der Waals surface area (Å²) in [5.41, 5.74) is 5.67. The number of likely N-dealkylation sites (tertiary alicyclic amines) is 1. The number of piperidine rings is 1. The molecule has 2 amide bonds. The predicted molar refractivity (Wildman–Crippen MR) is 103 cm³/mol. The van der Waals surface area contributed by atoms with Crippen molar-refractivity contribution >= 4 is 11.8 Å². The zero-order valence-electron chi connectivity index (χ0n) is 16.0. The molecule has 0 unspecified atom stereocenters. The number of benzene rings is 1. The number of nitrogens with two attached hydrogens (primary N) is 1. The Bertz CT molecular complexity index is 660. The monoisotopic (exact) mass is 391 g/mol. The summed E-state index contributed by atoms with van der Waals surface area (Å²) < 4.78 is 11.1. The molecule has 154 valence electrons. The summed E-state index contributed by atoms with van der Waals surface area (Å²) in [6.45, 7) is 3.24. The van der Waals surface area contributed by atoms with Crippen molar-refractivity contribution in [1.82, 2.24) is 10.2 Å². The highest BCUT2D eigenvalue weighted by molar-refractivity contribution is 5.92. The minimum absolute atomic E-state index is 0.0669. The van der Waals surface area contributed by atoms with Gasteiger partial charge in [-0.1, -0.05) is 0 Å². The molecule has 2 saturated heterocycles. The van der Waals surface area contributed by atoms with Crippen LogP contribution in [0, 0.1) is 0 Å². The Balaban J connectivity index is 1.38. The third-order valence-electron chi connectivity index (χ3n) is 5.10. The summed E-state index contributed by atoms with van der Waals surface area (Å²) in [5, 5.41) is 13.2. The number of amides is 2. The van der Waals surface area contributed by atoms with Crippen molar-refractivity contribution in [1.29, 1.82) is 0 Å². The maximum atomic E-state index is 12.2. The fourth-order valence-corrected chi connectivity index (χ4v) is 3.72. The van der Waals surface area contributed by atoms with E-state index in [9.17, 15) is 14.7 Å². The number of aliphatic hydroxyl groups is 1. The number of carbonyl (C=O) groups excluding carboxylic acids is 2. The first kappa shape index (κ1) is 20.6. The van der Waals surface area contributed by atoms with E-state index >= 15 is 0 Å². The normalized spacial score (nSPS) is 25.4. The van der Waals surface area contributed by atoms with E-state index in [0.717, 1.165) is 25.8 Å². The third-order valence-corrected chi connectivity index (χ3v) is 5.10. The SMILES string of the molecule is NC(=O)c1ccc(OCCCN2C[C@H](O)C[C@H](NC(=O)[C@H]3CCCO3)C2)cc1. The first-order valence-corrected chi connectivity index (χ1v) is 9.86. The van der Waals surface area contributed by atoms with Crippen LogP contribution in [-0.2, 0) is 9.53 Å². The molecule has 0 aliphatic carbocycles. The van der Waals surface area contributed by atoms with Crippen LogP contribution in [0.25, 0.3) is 0 Å². The molecule has 0 saturated carbocycles. The molecule has 8 nitrogen and oxygen atoms in total. The summed E-state index contributed by atoms with van der Waals surface area (Å²) in [7, 11) is 0. The van der Waals surface area contributed by atoms with Crippen LogP contribution in [0.5, 0.6) is 5.75 Å². The van der Waals surface area contributed by atoms with Gasteiger partial charge in [0, 0.05) is 37.8 Å². The minimum Gasteiger partial charge on any atom is -0.494 e. The predicted octanol–water partition coefficient (Wildman–Crippen LogP) is 0.285. The standard InChI is InChI=1S/C20H29N3O5/c21-19(25)14-4-6-17(7-5-14)27-10-2-8-23-12-15(11-16(24)13-23)22-20(26)18-3-1-9-28-18/h4-7,15-16,18,24H,1-3,8-13H2,(H2,21,25)(H,22,26)/t15-,16+,18+/m0/s1. The quantitative estimate of drug-likeness (QED) is 0.549. The van der Waals surface area contributed by atoms with Crippen molar-refractivity contribution in [2.24, 2.45) is 5.73 Å². The lowest BCUT2D eigenvalue weighted by atomic mass is 10.0. The van der Waals surface area contributed by atoms with E-state index in [1.807, 2.05) is 0 Å². The molecule has 0 radical (unpaired) electrons. The molecule has 0 bridgehead atoms. The van der Waals surface area contributed by atoms with Gasteiger partial charge in [-0.15, -0.1) is 0 Å². The Hall–Kier alpha value is -2.16. The maximum Gasteiger partial charge on any atom is 0.249 e. The Morgan fingerprint density at radius 3 is 2.75 bits per heavy atom. The van der Waals surface area contributed by atoms with Crippen LogP contribution in [0.15, 0.2) is 24.3 Å². The first-order chi connectivity index (χ1) is 13.5. The average molecular weight is 391 g/mol. The van der Waals surface area contributed by atoms with Crippen LogP contribution >= 0.6 is 0 Å². The van der Waals surface area contributed by atoms with Crippen molar-refractivity contribution in [3.05, 3.63) is 29.8 Å². The summed E-state index contributed by atoms with van der Waals surface area (Å²) in [4.78, 5) is 25.4. The Labute approximate surface area is 165 Å². The summed E-state index contributed by atoms with van der Waals surface area (Å²) in [6, 6.07) is 6.66. The number of carbonyl (C=O) groups is 2. The van der Waals surface area contributed by atoms with Crippen LogP contribution < -0.4 is 15.8 Å². The largest absolute Gasteiger partial charge is 0.494 e. The second-order valence-corrected chi connectivity index (χ2v) is 7.45. The van der Waals surface area contributed by atoms with Gasteiger partial charge in [-0.3, -0.25) is 14.5 Å². The molecule has 2 heterocycles. The van der Waals surface area contributed by atoms with Gasteiger partial charge in [0.2, 0.25) is 11.8 Å². The Morgan fingerprint density at radius 1 is 1.29 bits per heavy atom. The van der Waals surface area contributed by atoms with Gasteiger partial charge in [0.15, 0.2) is 0 Å². The number of hydrogen-bond acceptors (Lipinski definition) is 6. The van der Waals surface area contributed by atoms with E-state index in [2.05, 4.69) is 10.2 Å².